The Bertz CT molecular complexity index is 548. The molecule has 0 aliphatic rings. The van der Waals surface area contributed by atoms with Crippen molar-refractivity contribution in [2.75, 3.05) is 5.32 Å². The molecule has 5 nitrogen and oxygen atoms in total. The third-order valence-corrected chi connectivity index (χ3v) is 2.31. The predicted octanol–water partition coefficient (Wildman–Crippen LogP) is 1.96. The van der Waals surface area contributed by atoms with Crippen LogP contribution in [0.5, 0.6) is 0 Å². The average Bonchev–Trinajstić information content (AvgIpc) is 2.30. The van der Waals surface area contributed by atoms with Crippen molar-refractivity contribution in [1.29, 1.82) is 0 Å². The van der Waals surface area contributed by atoms with Gasteiger partial charge in [0.25, 0.3) is 0 Å². The van der Waals surface area contributed by atoms with Gasteiger partial charge in [-0.2, -0.15) is 4.98 Å². The van der Waals surface area contributed by atoms with Gasteiger partial charge in [-0.1, -0.05) is 18.2 Å². The highest BCUT2D eigenvalue weighted by Crippen LogP contribution is 2.10. The van der Waals surface area contributed by atoms with Gasteiger partial charge in [0.05, 0.1) is 0 Å². The smallest absolute Gasteiger partial charge is 0.324 e. The molecule has 2 rings (SSSR count). The van der Waals surface area contributed by atoms with Crippen LogP contribution in [0, 0.1) is 0 Å². The van der Waals surface area contributed by atoms with Crippen molar-refractivity contribution in [2.45, 2.75) is 19.9 Å². The van der Waals surface area contributed by atoms with E-state index in [-0.39, 0.29) is 11.7 Å². The summed E-state index contributed by atoms with van der Waals surface area (Å²) in [5.74, 6) is 0.318. The van der Waals surface area contributed by atoms with E-state index in [1.54, 1.807) is 0 Å². The molecule has 0 radical (unpaired) electrons. The molecule has 2 aromatic rings. The molecule has 1 aromatic heterocycles. The number of nitrogens with one attached hydrogen (secondary N) is 1. The minimum absolute atomic E-state index is 0.0632. The van der Waals surface area contributed by atoms with Gasteiger partial charge in [0.15, 0.2) is 0 Å². The first-order chi connectivity index (χ1) is 8.16. The molecule has 0 spiro atoms. The first kappa shape index (κ1) is 11.3. The summed E-state index contributed by atoms with van der Waals surface area (Å²) in [7, 11) is 0. The van der Waals surface area contributed by atoms with Gasteiger partial charge in [-0.15, -0.1) is 0 Å². The second-order valence-electron chi connectivity index (χ2n) is 3.95. The number of benzene rings is 1. The number of hydrogen-bond donors (Lipinski definition) is 1. The van der Waals surface area contributed by atoms with Gasteiger partial charge >= 0.3 is 5.69 Å². The molecule has 0 bridgehead atoms. The van der Waals surface area contributed by atoms with Crippen LogP contribution in [0.3, 0.4) is 0 Å². The van der Waals surface area contributed by atoms with E-state index in [0.717, 1.165) is 5.69 Å². The Labute approximate surface area is 99.2 Å². The van der Waals surface area contributed by atoms with E-state index in [1.807, 2.05) is 44.2 Å². The maximum atomic E-state index is 11.6. The van der Waals surface area contributed by atoms with Crippen molar-refractivity contribution < 1.29 is 0 Å². The molecule has 1 N–H and O–H groups in total. The lowest BCUT2D eigenvalue weighted by atomic mass is 10.3. The number of nitrogens with zero attached hydrogens (tertiary/aromatic N) is 3. The number of anilines is 2. The van der Waals surface area contributed by atoms with E-state index < -0.39 is 0 Å². The highest BCUT2D eigenvalue weighted by molar-refractivity contribution is 5.51. The van der Waals surface area contributed by atoms with Crippen LogP contribution >= 0.6 is 0 Å². The van der Waals surface area contributed by atoms with Crippen LogP contribution in [0.1, 0.15) is 19.9 Å². The highest BCUT2D eigenvalue weighted by atomic mass is 16.1. The summed E-state index contributed by atoms with van der Waals surface area (Å²) in [5, 5.41) is 2.98. The minimum atomic E-state index is -0.298. The molecular weight excluding hydrogens is 216 g/mol. The first-order valence-corrected chi connectivity index (χ1v) is 5.44. The molecule has 0 atom stereocenters. The molecule has 0 aliphatic heterocycles. The van der Waals surface area contributed by atoms with Crippen LogP contribution in [0.15, 0.2) is 41.5 Å². The van der Waals surface area contributed by atoms with Crippen LogP contribution in [0.25, 0.3) is 0 Å². The van der Waals surface area contributed by atoms with Crippen molar-refractivity contribution in [1.82, 2.24) is 14.5 Å². The SMILES string of the molecule is CC(C)n1cnc(Nc2ccccc2)nc1=O. The van der Waals surface area contributed by atoms with E-state index in [0.29, 0.717) is 5.95 Å². The van der Waals surface area contributed by atoms with Crippen LogP contribution in [0.2, 0.25) is 0 Å². The molecule has 0 aliphatic carbocycles. The van der Waals surface area contributed by atoms with Gasteiger partial charge in [-0.25, -0.2) is 9.78 Å². The fraction of sp³-hybridized carbons (Fsp3) is 0.250. The lowest BCUT2D eigenvalue weighted by molar-refractivity contribution is 0.552. The Balaban J connectivity index is 2.24. The van der Waals surface area contributed by atoms with Crippen LogP contribution in [-0.4, -0.2) is 14.5 Å². The molecule has 0 fully saturated rings. The van der Waals surface area contributed by atoms with Crippen molar-refractivity contribution in [3.8, 4) is 0 Å². The summed E-state index contributed by atoms with van der Waals surface area (Å²) in [6, 6.07) is 9.56. The second kappa shape index (κ2) is 4.78. The summed E-state index contributed by atoms with van der Waals surface area (Å²) in [4.78, 5) is 19.6. The van der Waals surface area contributed by atoms with Gasteiger partial charge in [0.2, 0.25) is 5.95 Å². The Morgan fingerprint density at radius 1 is 1.24 bits per heavy atom. The Morgan fingerprint density at radius 3 is 2.53 bits per heavy atom. The summed E-state index contributed by atoms with van der Waals surface area (Å²) in [6.07, 6.45) is 1.51. The third kappa shape index (κ3) is 2.69. The van der Waals surface area contributed by atoms with Gasteiger partial charge in [0.1, 0.15) is 6.33 Å². The number of aromatic nitrogens is 3. The first-order valence-electron chi connectivity index (χ1n) is 5.44. The maximum absolute atomic E-state index is 11.6. The quantitative estimate of drug-likeness (QED) is 0.875. The van der Waals surface area contributed by atoms with E-state index >= 15 is 0 Å². The Kier molecular flexibility index (Phi) is 3.18. The predicted molar refractivity (Wildman–Crippen MR) is 66.4 cm³/mol. The number of para-hydroxylation sites is 1. The van der Waals surface area contributed by atoms with Gasteiger partial charge in [-0.05, 0) is 26.0 Å². The molecule has 5 heteroatoms. The highest BCUT2D eigenvalue weighted by Gasteiger charge is 2.04. The number of rotatable bonds is 3. The van der Waals surface area contributed by atoms with Gasteiger partial charge in [-0.3, -0.25) is 4.57 Å². The molecule has 1 aromatic carbocycles. The fourth-order valence-electron chi connectivity index (χ4n) is 1.41. The normalized spacial score (nSPS) is 10.5. The lowest BCUT2D eigenvalue weighted by Crippen LogP contribution is -2.25. The van der Waals surface area contributed by atoms with Crippen LogP contribution < -0.4 is 11.0 Å². The zero-order valence-electron chi connectivity index (χ0n) is 9.79. The average molecular weight is 230 g/mol. The molecule has 88 valence electrons. The monoisotopic (exact) mass is 230 g/mol. The summed E-state index contributed by atoms with van der Waals surface area (Å²) >= 11 is 0. The standard InChI is InChI=1S/C12H14N4O/c1-9(2)16-8-13-11(15-12(16)17)14-10-6-4-3-5-7-10/h3-9H,1-2H3,(H,14,15,17). The molecular formula is C12H14N4O. The van der Waals surface area contributed by atoms with Crippen molar-refractivity contribution in [3.63, 3.8) is 0 Å². The van der Waals surface area contributed by atoms with E-state index in [9.17, 15) is 4.79 Å². The van der Waals surface area contributed by atoms with E-state index in [4.69, 9.17) is 0 Å². The van der Waals surface area contributed by atoms with Crippen molar-refractivity contribution >= 4 is 11.6 Å². The number of hydrogen-bond acceptors (Lipinski definition) is 4. The van der Waals surface area contributed by atoms with E-state index in [1.165, 1.54) is 10.9 Å². The zero-order valence-corrected chi connectivity index (χ0v) is 9.79. The van der Waals surface area contributed by atoms with Crippen molar-refractivity contribution in [2.24, 2.45) is 0 Å². The largest absolute Gasteiger partial charge is 0.352 e. The molecule has 0 saturated heterocycles. The fourth-order valence-corrected chi connectivity index (χ4v) is 1.41. The molecule has 0 saturated carbocycles. The van der Waals surface area contributed by atoms with Crippen molar-refractivity contribution in [3.05, 3.63) is 47.1 Å². The maximum Gasteiger partial charge on any atom is 0.352 e. The zero-order chi connectivity index (χ0) is 12.3. The molecule has 0 unspecified atom stereocenters. The van der Waals surface area contributed by atoms with Crippen LogP contribution in [0.4, 0.5) is 11.6 Å². The van der Waals surface area contributed by atoms with Gasteiger partial charge in [0, 0.05) is 11.7 Å². The molecule has 0 amide bonds. The summed E-state index contributed by atoms with van der Waals surface area (Å²) < 4.78 is 1.48. The molecule has 17 heavy (non-hydrogen) atoms. The molecule has 1 heterocycles. The second-order valence-corrected chi connectivity index (χ2v) is 3.95. The Hall–Kier alpha value is -2.17. The Morgan fingerprint density at radius 2 is 1.94 bits per heavy atom. The third-order valence-electron chi connectivity index (χ3n) is 2.31. The summed E-state index contributed by atoms with van der Waals surface area (Å²) in [6.45, 7) is 3.82. The van der Waals surface area contributed by atoms with Gasteiger partial charge < -0.3 is 5.32 Å². The van der Waals surface area contributed by atoms with Crippen LogP contribution in [-0.2, 0) is 0 Å². The summed E-state index contributed by atoms with van der Waals surface area (Å²) in [5.41, 5.74) is 0.558. The topological polar surface area (TPSA) is 59.8 Å². The van der Waals surface area contributed by atoms with E-state index in [2.05, 4.69) is 15.3 Å². The minimum Gasteiger partial charge on any atom is -0.324 e. The lowest BCUT2D eigenvalue weighted by Gasteiger charge is -2.09.